The molecule has 1 N–H and O–H groups in total. The molecule has 8 heteroatoms. The summed E-state index contributed by atoms with van der Waals surface area (Å²) in [4.78, 5) is 10.7. The molecule has 0 bridgehead atoms. The van der Waals surface area contributed by atoms with Gasteiger partial charge in [0, 0.05) is 0 Å². The van der Waals surface area contributed by atoms with Crippen molar-refractivity contribution >= 4 is 5.97 Å². The van der Waals surface area contributed by atoms with E-state index in [2.05, 4.69) is 10.3 Å². The zero-order chi connectivity index (χ0) is 12.8. The fourth-order valence-corrected chi connectivity index (χ4v) is 1.77. The van der Waals surface area contributed by atoms with Gasteiger partial charge in [-0.1, -0.05) is 5.21 Å². The summed E-state index contributed by atoms with van der Waals surface area (Å²) >= 11 is 0. The summed E-state index contributed by atoms with van der Waals surface area (Å²) < 4.78 is 39.0. The van der Waals surface area contributed by atoms with Crippen molar-refractivity contribution in [2.45, 2.75) is 32.0 Å². The van der Waals surface area contributed by atoms with Gasteiger partial charge in [0.15, 0.2) is 5.69 Å². The van der Waals surface area contributed by atoms with Crippen LogP contribution in [0.4, 0.5) is 13.2 Å². The summed E-state index contributed by atoms with van der Waals surface area (Å²) in [5.74, 6) is -1.59. The second kappa shape index (κ2) is 3.71. The molecule has 1 heterocycles. The Hall–Kier alpha value is -1.60. The minimum absolute atomic E-state index is 0.124. The Bertz CT molecular complexity index is 451. The minimum Gasteiger partial charge on any atom is -0.476 e. The number of carboxylic acids is 1. The van der Waals surface area contributed by atoms with Gasteiger partial charge in [-0.25, -0.2) is 9.48 Å². The van der Waals surface area contributed by atoms with Gasteiger partial charge in [0.2, 0.25) is 5.69 Å². The molecule has 0 saturated heterocycles. The van der Waals surface area contributed by atoms with Crippen LogP contribution in [-0.2, 0) is 6.18 Å². The van der Waals surface area contributed by atoms with Gasteiger partial charge in [-0.3, -0.25) is 0 Å². The third-order valence-corrected chi connectivity index (χ3v) is 2.86. The molecule has 1 fully saturated rings. The number of nitrogens with zero attached hydrogens (tertiary/aromatic N) is 3. The molecule has 0 aliphatic heterocycles. The van der Waals surface area contributed by atoms with Crippen LogP contribution in [0.25, 0.3) is 0 Å². The molecular formula is C9H10F3N3O2. The molecule has 1 atom stereocenters. The smallest absolute Gasteiger partial charge is 0.435 e. The van der Waals surface area contributed by atoms with Gasteiger partial charge in [0.25, 0.3) is 0 Å². The lowest BCUT2D eigenvalue weighted by Crippen LogP contribution is -2.21. The van der Waals surface area contributed by atoms with E-state index in [0.29, 0.717) is 4.68 Å². The number of alkyl halides is 3. The molecule has 0 radical (unpaired) electrons. The lowest BCUT2D eigenvalue weighted by Gasteiger charge is -2.15. The quantitative estimate of drug-likeness (QED) is 0.889. The van der Waals surface area contributed by atoms with E-state index < -0.39 is 29.6 Å². The Labute approximate surface area is 94.2 Å². The van der Waals surface area contributed by atoms with Crippen LogP contribution in [-0.4, -0.2) is 26.1 Å². The number of halogens is 3. The van der Waals surface area contributed by atoms with Crippen LogP contribution in [0.1, 0.15) is 42.0 Å². The van der Waals surface area contributed by atoms with Crippen LogP contribution in [0.3, 0.4) is 0 Å². The van der Waals surface area contributed by atoms with Crippen molar-refractivity contribution in [2.75, 3.05) is 0 Å². The van der Waals surface area contributed by atoms with Crippen molar-refractivity contribution in [1.29, 1.82) is 0 Å². The molecule has 1 aromatic rings. The molecule has 1 aliphatic rings. The normalized spacial score (nSPS) is 18.1. The van der Waals surface area contributed by atoms with E-state index in [1.54, 1.807) is 6.92 Å². The molecular weight excluding hydrogens is 239 g/mol. The predicted molar refractivity (Wildman–Crippen MR) is 49.4 cm³/mol. The summed E-state index contributed by atoms with van der Waals surface area (Å²) in [5, 5.41) is 15.1. The monoisotopic (exact) mass is 249 g/mol. The van der Waals surface area contributed by atoms with Gasteiger partial charge < -0.3 is 5.11 Å². The third kappa shape index (κ3) is 2.11. The molecule has 1 unspecified atom stereocenters. The number of carboxylic acid groups (broad SMARTS) is 1. The van der Waals surface area contributed by atoms with Crippen LogP contribution in [0.2, 0.25) is 0 Å². The van der Waals surface area contributed by atoms with Crippen molar-refractivity contribution in [3.8, 4) is 0 Å². The van der Waals surface area contributed by atoms with E-state index in [1.165, 1.54) is 0 Å². The highest BCUT2D eigenvalue weighted by atomic mass is 19.4. The summed E-state index contributed by atoms with van der Waals surface area (Å²) in [5.41, 5.74) is -2.31. The molecule has 0 spiro atoms. The average Bonchev–Trinajstić information content (AvgIpc) is 2.92. The molecule has 0 aromatic carbocycles. The Morgan fingerprint density at radius 2 is 2.12 bits per heavy atom. The van der Waals surface area contributed by atoms with Crippen LogP contribution in [0, 0.1) is 5.92 Å². The Morgan fingerprint density at radius 3 is 2.53 bits per heavy atom. The Kier molecular flexibility index (Phi) is 2.59. The number of aromatic carboxylic acids is 1. The van der Waals surface area contributed by atoms with Crippen molar-refractivity contribution in [2.24, 2.45) is 5.92 Å². The predicted octanol–water partition coefficient (Wildman–Crippen LogP) is 1.97. The van der Waals surface area contributed by atoms with E-state index in [1.807, 2.05) is 0 Å². The van der Waals surface area contributed by atoms with Gasteiger partial charge in [-0.2, -0.15) is 13.2 Å². The highest BCUT2D eigenvalue weighted by Crippen LogP contribution is 2.42. The standard InChI is InChI=1S/C9H10F3N3O2/c1-4(5-2-3-5)15-7(9(10,11)12)6(8(16)17)13-14-15/h4-5H,2-3H2,1H3,(H,16,17). The number of rotatable bonds is 3. The first-order valence-corrected chi connectivity index (χ1v) is 5.08. The fraction of sp³-hybridized carbons (Fsp3) is 0.667. The van der Waals surface area contributed by atoms with Crippen LogP contribution in [0.15, 0.2) is 0 Å². The maximum atomic E-state index is 12.8. The van der Waals surface area contributed by atoms with Crippen molar-refractivity contribution < 1.29 is 23.1 Å². The zero-order valence-electron chi connectivity index (χ0n) is 8.90. The van der Waals surface area contributed by atoms with Crippen molar-refractivity contribution in [3.63, 3.8) is 0 Å². The van der Waals surface area contributed by atoms with Gasteiger partial charge >= 0.3 is 12.1 Å². The summed E-state index contributed by atoms with van der Waals surface area (Å²) in [6, 6.07) is -0.479. The first-order valence-electron chi connectivity index (χ1n) is 5.08. The van der Waals surface area contributed by atoms with E-state index in [-0.39, 0.29) is 5.92 Å². The maximum absolute atomic E-state index is 12.8. The van der Waals surface area contributed by atoms with E-state index in [4.69, 9.17) is 5.11 Å². The lowest BCUT2D eigenvalue weighted by molar-refractivity contribution is -0.145. The average molecular weight is 249 g/mol. The highest BCUT2D eigenvalue weighted by molar-refractivity contribution is 5.86. The minimum atomic E-state index is -4.76. The summed E-state index contributed by atoms with van der Waals surface area (Å²) in [6.45, 7) is 1.59. The Balaban J connectivity index is 2.48. The number of carbonyl (C=O) groups is 1. The molecule has 2 rings (SSSR count). The molecule has 1 saturated carbocycles. The fourth-order valence-electron chi connectivity index (χ4n) is 1.77. The lowest BCUT2D eigenvalue weighted by atomic mass is 10.2. The van der Waals surface area contributed by atoms with Crippen molar-refractivity contribution in [1.82, 2.24) is 15.0 Å². The molecule has 1 aromatic heterocycles. The summed E-state index contributed by atoms with van der Waals surface area (Å²) in [6.07, 6.45) is -3.10. The zero-order valence-corrected chi connectivity index (χ0v) is 8.90. The molecule has 94 valence electrons. The largest absolute Gasteiger partial charge is 0.476 e. The molecule has 17 heavy (non-hydrogen) atoms. The number of hydrogen-bond acceptors (Lipinski definition) is 3. The molecule has 0 amide bonds. The maximum Gasteiger partial charge on any atom is 0.435 e. The van der Waals surface area contributed by atoms with Crippen LogP contribution in [0.5, 0.6) is 0 Å². The second-order valence-electron chi connectivity index (χ2n) is 4.11. The topological polar surface area (TPSA) is 68.0 Å². The van der Waals surface area contributed by atoms with Gasteiger partial charge in [-0.15, -0.1) is 5.10 Å². The first kappa shape index (κ1) is 11.9. The SMILES string of the molecule is CC(C1CC1)n1nnc(C(=O)O)c1C(F)(F)F. The first-order chi connectivity index (χ1) is 7.82. The van der Waals surface area contributed by atoms with Crippen molar-refractivity contribution in [3.05, 3.63) is 11.4 Å². The number of aromatic nitrogens is 3. The molecule has 5 nitrogen and oxygen atoms in total. The van der Waals surface area contributed by atoms with Gasteiger partial charge in [0.05, 0.1) is 6.04 Å². The third-order valence-electron chi connectivity index (χ3n) is 2.86. The van der Waals surface area contributed by atoms with Gasteiger partial charge in [0.1, 0.15) is 0 Å². The van der Waals surface area contributed by atoms with Gasteiger partial charge in [-0.05, 0) is 25.7 Å². The van der Waals surface area contributed by atoms with E-state index in [0.717, 1.165) is 12.8 Å². The number of hydrogen-bond donors (Lipinski definition) is 1. The van der Waals surface area contributed by atoms with E-state index >= 15 is 0 Å². The van der Waals surface area contributed by atoms with Crippen LogP contribution >= 0.6 is 0 Å². The second-order valence-corrected chi connectivity index (χ2v) is 4.11. The van der Waals surface area contributed by atoms with E-state index in [9.17, 15) is 18.0 Å². The Morgan fingerprint density at radius 1 is 1.53 bits per heavy atom. The van der Waals surface area contributed by atoms with Crippen LogP contribution < -0.4 is 0 Å². The summed E-state index contributed by atoms with van der Waals surface area (Å²) in [7, 11) is 0. The molecule has 1 aliphatic carbocycles. The highest BCUT2D eigenvalue weighted by Gasteiger charge is 2.44.